The minimum atomic E-state index is -0.517. The summed E-state index contributed by atoms with van der Waals surface area (Å²) in [6.07, 6.45) is 1.76. The molecule has 3 N–H and O–H groups in total. The molecule has 1 atom stereocenters. The van der Waals surface area contributed by atoms with E-state index in [1.54, 1.807) is 17.9 Å². The normalized spacial score (nSPS) is 13.2. The van der Waals surface area contributed by atoms with Crippen LogP contribution in [-0.4, -0.2) is 39.3 Å². The Morgan fingerprint density at radius 3 is 2.72 bits per heavy atom. The maximum absolute atomic E-state index is 11.6. The Labute approximate surface area is 107 Å². The molecular formula is C11H21N5O2. The highest BCUT2D eigenvalue weighted by molar-refractivity contribution is 5.68. The first kappa shape index (κ1) is 14.4. The number of rotatable bonds is 4. The maximum Gasteiger partial charge on any atom is 0.407 e. The highest BCUT2D eigenvalue weighted by Gasteiger charge is 2.19. The molecule has 1 amide bonds. The number of ether oxygens (including phenoxy) is 1. The molecular weight excluding hydrogens is 234 g/mol. The highest BCUT2D eigenvalue weighted by Crippen LogP contribution is 2.07. The van der Waals surface area contributed by atoms with Gasteiger partial charge in [0.25, 0.3) is 0 Å². The lowest BCUT2D eigenvalue weighted by atomic mass is 10.1. The number of alkyl carbamates (subject to hydrolysis) is 1. The van der Waals surface area contributed by atoms with E-state index in [9.17, 15) is 4.79 Å². The van der Waals surface area contributed by atoms with Gasteiger partial charge in [-0.2, -0.15) is 0 Å². The molecule has 0 aliphatic rings. The lowest BCUT2D eigenvalue weighted by Crippen LogP contribution is -2.44. The van der Waals surface area contributed by atoms with Crippen molar-refractivity contribution in [2.45, 2.75) is 38.8 Å². The van der Waals surface area contributed by atoms with E-state index in [-0.39, 0.29) is 6.04 Å². The first-order valence-electron chi connectivity index (χ1n) is 5.85. The second-order valence-corrected chi connectivity index (χ2v) is 5.13. The molecule has 7 nitrogen and oxygen atoms in total. The number of carbonyl (C=O) groups excluding carboxylic acids is 1. The summed E-state index contributed by atoms with van der Waals surface area (Å²) in [6.45, 7) is 5.77. The van der Waals surface area contributed by atoms with E-state index in [1.807, 2.05) is 20.8 Å². The van der Waals surface area contributed by atoms with E-state index in [2.05, 4.69) is 15.6 Å². The number of nitrogens with zero attached hydrogens (tertiary/aromatic N) is 3. The summed E-state index contributed by atoms with van der Waals surface area (Å²) < 4.78 is 6.83. The van der Waals surface area contributed by atoms with Crippen LogP contribution in [0.2, 0.25) is 0 Å². The summed E-state index contributed by atoms with van der Waals surface area (Å²) in [5.41, 5.74) is 6.02. The van der Waals surface area contributed by atoms with Crippen LogP contribution in [0.4, 0.5) is 4.79 Å². The van der Waals surface area contributed by atoms with Gasteiger partial charge in [-0.15, -0.1) is 5.10 Å². The third kappa shape index (κ3) is 4.70. The van der Waals surface area contributed by atoms with Crippen LogP contribution < -0.4 is 11.1 Å². The van der Waals surface area contributed by atoms with Gasteiger partial charge >= 0.3 is 6.09 Å². The Bertz CT molecular complexity index is 396. The zero-order chi connectivity index (χ0) is 13.8. The average Bonchev–Trinajstić information content (AvgIpc) is 2.60. The van der Waals surface area contributed by atoms with Crippen LogP contribution in [-0.2, 0) is 18.2 Å². The first-order valence-corrected chi connectivity index (χ1v) is 5.85. The Morgan fingerprint density at radius 2 is 2.28 bits per heavy atom. The fraction of sp³-hybridized carbons (Fsp3) is 0.727. The van der Waals surface area contributed by atoms with Crippen molar-refractivity contribution in [3.05, 3.63) is 11.9 Å². The summed E-state index contributed by atoms with van der Waals surface area (Å²) in [6, 6.07) is -0.197. The second-order valence-electron chi connectivity index (χ2n) is 5.13. The molecule has 0 aliphatic carbocycles. The molecule has 0 aromatic carbocycles. The Hall–Kier alpha value is -1.63. The van der Waals surface area contributed by atoms with Crippen molar-refractivity contribution in [1.29, 1.82) is 0 Å². The van der Waals surface area contributed by atoms with E-state index < -0.39 is 11.7 Å². The number of nitrogens with two attached hydrogens (primary N) is 1. The summed E-state index contributed by atoms with van der Waals surface area (Å²) in [5.74, 6) is 0. The van der Waals surface area contributed by atoms with Crippen molar-refractivity contribution < 1.29 is 9.53 Å². The molecule has 102 valence electrons. The minimum absolute atomic E-state index is 0.197. The Kier molecular flexibility index (Phi) is 4.66. The van der Waals surface area contributed by atoms with Gasteiger partial charge in [0.15, 0.2) is 0 Å². The molecule has 1 unspecified atom stereocenters. The zero-order valence-electron chi connectivity index (χ0n) is 11.3. The van der Waals surface area contributed by atoms with E-state index in [0.717, 1.165) is 5.69 Å². The molecule has 1 rings (SSSR count). The molecule has 0 saturated carbocycles. The van der Waals surface area contributed by atoms with E-state index in [0.29, 0.717) is 13.0 Å². The van der Waals surface area contributed by atoms with Gasteiger partial charge in [-0.1, -0.05) is 5.21 Å². The molecule has 18 heavy (non-hydrogen) atoms. The van der Waals surface area contributed by atoms with Gasteiger partial charge in [-0.25, -0.2) is 4.79 Å². The molecule has 0 fully saturated rings. The van der Waals surface area contributed by atoms with Crippen molar-refractivity contribution in [3.8, 4) is 0 Å². The van der Waals surface area contributed by atoms with Gasteiger partial charge < -0.3 is 15.8 Å². The standard InChI is InChI=1S/C11H21N5O2/c1-11(2,3)18-10(17)14-8(6-12)5-9-7-13-15-16(9)4/h7-8H,5-6,12H2,1-4H3,(H,14,17). The summed E-state index contributed by atoms with van der Waals surface area (Å²) in [7, 11) is 1.80. The molecule has 0 radical (unpaired) electrons. The smallest absolute Gasteiger partial charge is 0.407 e. The van der Waals surface area contributed by atoms with Crippen molar-refractivity contribution >= 4 is 6.09 Å². The van der Waals surface area contributed by atoms with E-state index in [4.69, 9.17) is 10.5 Å². The molecule has 1 aromatic rings. The lowest BCUT2D eigenvalue weighted by molar-refractivity contribution is 0.0505. The number of hydrogen-bond donors (Lipinski definition) is 2. The van der Waals surface area contributed by atoms with Crippen LogP contribution in [0.3, 0.4) is 0 Å². The monoisotopic (exact) mass is 255 g/mol. The molecule has 0 bridgehead atoms. The minimum Gasteiger partial charge on any atom is -0.444 e. The first-order chi connectivity index (χ1) is 8.31. The molecule has 0 aliphatic heterocycles. The van der Waals surface area contributed by atoms with Gasteiger partial charge in [0, 0.05) is 26.1 Å². The molecule has 1 heterocycles. The quantitative estimate of drug-likeness (QED) is 0.802. The Morgan fingerprint density at radius 1 is 1.61 bits per heavy atom. The van der Waals surface area contributed by atoms with Crippen molar-refractivity contribution in [3.63, 3.8) is 0 Å². The van der Waals surface area contributed by atoms with Gasteiger partial charge in [0.1, 0.15) is 5.60 Å². The SMILES string of the molecule is Cn1nncc1CC(CN)NC(=O)OC(C)(C)C. The van der Waals surface area contributed by atoms with Crippen LogP contribution >= 0.6 is 0 Å². The average molecular weight is 255 g/mol. The molecule has 7 heteroatoms. The van der Waals surface area contributed by atoms with Crippen LogP contribution in [0.5, 0.6) is 0 Å². The summed E-state index contributed by atoms with van der Waals surface area (Å²) in [5, 5.41) is 10.3. The number of amides is 1. The number of aryl methyl sites for hydroxylation is 1. The van der Waals surface area contributed by atoms with Gasteiger partial charge in [-0.05, 0) is 20.8 Å². The zero-order valence-corrected chi connectivity index (χ0v) is 11.3. The predicted molar refractivity (Wildman–Crippen MR) is 66.9 cm³/mol. The number of carbonyl (C=O) groups is 1. The van der Waals surface area contributed by atoms with Crippen molar-refractivity contribution in [2.75, 3.05) is 6.54 Å². The van der Waals surface area contributed by atoms with Crippen LogP contribution in [0.15, 0.2) is 6.20 Å². The third-order valence-electron chi connectivity index (χ3n) is 2.27. The number of aromatic nitrogens is 3. The highest BCUT2D eigenvalue weighted by atomic mass is 16.6. The molecule has 0 spiro atoms. The van der Waals surface area contributed by atoms with Gasteiger partial charge in [0.05, 0.1) is 11.9 Å². The summed E-state index contributed by atoms with van der Waals surface area (Å²) in [4.78, 5) is 11.6. The third-order valence-corrected chi connectivity index (χ3v) is 2.27. The number of hydrogen-bond acceptors (Lipinski definition) is 5. The van der Waals surface area contributed by atoms with Crippen LogP contribution in [0.25, 0.3) is 0 Å². The summed E-state index contributed by atoms with van der Waals surface area (Å²) >= 11 is 0. The fourth-order valence-electron chi connectivity index (χ4n) is 1.42. The van der Waals surface area contributed by atoms with E-state index in [1.165, 1.54) is 0 Å². The van der Waals surface area contributed by atoms with E-state index >= 15 is 0 Å². The van der Waals surface area contributed by atoms with Gasteiger partial charge in [-0.3, -0.25) is 4.68 Å². The predicted octanol–water partition coefficient (Wildman–Crippen LogP) is 0.210. The maximum atomic E-state index is 11.6. The number of nitrogens with one attached hydrogen (secondary N) is 1. The van der Waals surface area contributed by atoms with Crippen molar-refractivity contribution in [2.24, 2.45) is 12.8 Å². The molecule has 1 aromatic heterocycles. The topological polar surface area (TPSA) is 95.1 Å². The second kappa shape index (κ2) is 5.81. The van der Waals surface area contributed by atoms with Gasteiger partial charge in [0.2, 0.25) is 0 Å². The van der Waals surface area contributed by atoms with Crippen LogP contribution in [0, 0.1) is 0 Å². The Balaban J connectivity index is 2.52. The fourth-order valence-corrected chi connectivity index (χ4v) is 1.42. The van der Waals surface area contributed by atoms with Crippen LogP contribution in [0.1, 0.15) is 26.5 Å². The van der Waals surface area contributed by atoms with Crippen molar-refractivity contribution in [1.82, 2.24) is 20.3 Å². The largest absolute Gasteiger partial charge is 0.444 e. The molecule has 0 saturated heterocycles. The lowest BCUT2D eigenvalue weighted by Gasteiger charge is -2.22.